The van der Waals surface area contributed by atoms with Gasteiger partial charge in [0.05, 0.1) is 12.1 Å². The van der Waals surface area contributed by atoms with Crippen molar-refractivity contribution >= 4 is 11.0 Å². The highest BCUT2D eigenvalue weighted by Crippen LogP contribution is 2.33. The molecule has 0 saturated carbocycles. The number of benzene rings is 1. The monoisotopic (exact) mass is 265 g/mol. The van der Waals surface area contributed by atoms with Crippen LogP contribution in [0.1, 0.15) is 32.6 Å². The lowest BCUT2D eigenvalue weighted by atomic mass is 9.84. The fourth-order valence-electron chi connectivity index (χ4n) is 2.39. The second-order valence-electron chi connectivity index (χ2n) is 5.88. The number of furan rings is 1. The van der Waals surface area contributed by atoms with Gasteiger partial charge < -0.3 is 14.9 Å². The van der Waals surface area contributed by atoms with Crippen LogP contribution in [0.15, 0.2) is 28.7 Å². The second kappa shape index (κ2) is 4.94. The molecule has 0 fully saturated rings. The zero-order chi connectivity index (χ0) is 14.2. The molecule has 2 N–H and O–H groups in total. The van der Waals surface area contributed by atoms with E-state index in [2.05, 4.69) is 20.8 Å². The van der Waals surface area contributed by atoms with Crippen molar-refractivity contribution in [2.45, 2.75) is 32.9 Å². The zero-order valence-electron chi connectivity index (χ0n) is 11.7. The molecule has 2 atom stereocenters. The maximum absolute atomic E-state index is 13.2. The predicted molar refractivity (Wildman–Crippen MR) is 73.4 cm³/mol. The zero-order valence-corrected chi connectivity index (χ0v) is 11.7. The lowest BCUT2D eigenvalue weighted by Crippen LogP contribution is -2.38. The number of hydrogen-bond donors (Lipinski definition) is 1. The summed E-state index contributed by atoms with van der Waals surface area (Å²) in [6, 6.07) is 5.81. The van der Waals surface area contributed by atoms with Gasteiger partial charge in [0.1, 0.15) is 17.2 Å². The van der Waals surface area contributed by atoms with Crippen LogP contribution >= 0.6 is 0 Å². The van der Waals surface area contributed by atoms with Gasteiger partial charge in [0, 0.05) is 12.5 Å². The van der Waals surface area contributed by atoms with Gasteiger partial charge in [-0.2, -0.15) is 0 Å². The average molecular weight is 265 g/mol. The minimum Gasteiger partial charge on any atom is -0.459 e. The fraction of sp³-hybridized carbons (Fsp3) is 0.467. The third-order valence-electron chi connectivity index (χ3n) is 3.26. The van der Waals surface area contributed by atoms with E-state index in [1.807, 2.05) is 0 Å². The summed E-state index contributed by atoms with van der Waals surface area (Å²) in [6.07, 6.45) is -0.182. The van der Waals surface area contributed by atoms with Crippen molar-refractivity contribution < 1.29 is 13.5 Å². The number of halogens is 1. The summed E-state index contributed by atoms with van der Waals surface area (Å²) in [7, 11) is 1.64. The molecule has 3 nitrogen and oxygen atoms in total. The van der Waals surface area contributed by atoms with Crippen LogP contribution in [-0.2, 0) is 4.74 Å². The third kappa shape index (κ3) is 2.80. The number of fused-ring (bicyclic) bond motifs is 1. The molecule has 2 aromatic rings. The second-order valence-corrected chi connectivity index (χ2v) is 5.88. The Hall–Kier alpha value is -1.39. The Morgan fingerprint density at radius 1 is 1.26 bits per heavy atom. The number of rotatable bonds is 3. The number of methoxy groups -OCH3 is 1. The van der Waals surface area contributed by atoms with Crippen LogP contribution in [0.4, 0.5) is 4.39 Å². The van der Waals surface area contributed by atoms with Crippen LogP contribution in [0.3, 0.4) is 0 Å². The fourth-order valence-corrected chi connectivity index (χ4v) is 2.39. The smallest absolute Gasteiger partial charge is 0.134 e. The Kier molecular flexibility index (Phi) is 3.65. The summed E-state index contributed by atoms with van der Waals surface area (Å²) >= 11 is 0. The Balaban J connectivity index is 2.38. The molecule has 0 radical (unpaired) electrons. The first kappa shape index (κ1) is 14.0. The van der Waals surface area contributed by atoms with Crippen molar-refractivity contribution in [3.8, 4) is 0 Å². The van der Waals surface area contributed by atoms with Crippen molar-refractivity contribution in [2.24, 2.45) is 11.1 Å². The van der Waals surface area contributed by atoms with Crippen LogP contribution in [0, 0.1) is 11.2 Å². The highest BCUT2D eigenvalue weighted by Gasteiger charge is 2.33. The molecule has 1 heterocycles. The maximum Gasteiger partial charge on any atom is 0.134 e. The largest absolute Gasteiger partial charge is 0.459 e. The molecule has 0 aliphatic heterocycles. The van der Waals surface area contributed by atoms with E-state index in [-0.39, 0.29) is 23.4 Å². The maximum atomic E-state index is 13.2. The Labute approximate surface area is 112 Å². The standard InChI is InChI=1S/C15H20FNO2/c1-15(2,3)14(18-4)13(17)12-8-9-7-10(16)5-6-11(9)19-12/h5-8,13-14H,17H2,1-4H3. The molecule has 0 amide bonds. The molecule has 0 spiro atoms. The summed E-state index contributed by atoms with van der Waals surface area (Å²) in [5.41, 5.74) is 6.75. The minimum atomic E-state index is -0.388. The van der Waals surface area contributed by atoms with Gasteiger partial charge in [0.15, 0.2) is 0 Å². The molecule has 0 aliphatic rings. The summed E-state index contributed by atoms with van der Waals surface area (Å²) < 4.78 is 24.3. The highest BCUT2D eigenvalue weighted by atomic mass is 19.1. The number of nitrogens with two attached hydrogens (primary N) is 1. The number of ether oxygens (including phenoxy) is 1. The predicted octanol–water partition coefficient (Wildman–Crippen LogP) is 3.63. The molecule has 104 valence electrons. The molecule has 2 unspecified atom stereocenters. The molecule has 4 heteroatoms. The third-order valence-corrected chi connectivity index (χ3v) is 3.26. The van der Waals surface area contributed by atoms with Crippen molar-refractivity contribution in [1.29, 1.82) is 0 Å². The summed E-state index contributed by atoms with van der Waals surface area (Å²) in [5.74, 6) is 0.329. The van der Waals surface area contributed by atoms with Gasteiger partial charge in [-0.3, -0.25) is 0 Å². The minimum absolute atomic E-state index is 0.113. The van der Waals surface area contributed by atoms with Gasteiger partial charge in [0.25, 0.3) is 0 Å². The van der Waals surface area contributed by atoms with Crippen molar-refractivity contribution in [3.05, 3.63) is 35.8 Å². The molecular weight excluding hydrogens is 245 g/mol. The first-order valence-electron chi connectivity index (χ1n) is 6.30. The van der Waals surface area contributed by atoms with E-state index in [1.54, 1.807) is 19.2 Å². The lowest BCUT2D eigenvalue weighted by molar-refractivity contribution is -0.00667. The molecule has 1 aromatic carbocycles. The van der Waals surface area contributed by atoms with Crippen LogP contribution < -0.4 is 5.73 Å². The van der Waals surface area contributed by atoms with Gasteiger partial charge in [-0.15, -0.1) is 0 Å². The summed E-state index contributed by atoms with van der Waals surface area (Å²) in [4.78, 5) is 0. The Morgan fingerprint density at radius 3 is 2.53 bits per heavy atom. The first-order valence-corrected chi connectivity index (χ1v) is 6.30. The van der Waals surface area contributed by atoms with E-state index in [0.29, 0.717) is 16.7 Å². The van der Waals surface area contributed by atoms with Crippen molar-refractivity contribution in [2.75, 3.05) is 7.11 Å². The molecular formula is C15H20FNO2. The van der Waals surface area contributed by atoms with Gasteiger partial charge in [-0.05, 0) is 29.7 Å². The normalized spacial score (nSPS) is 15.7. The SMILES string of the molecule is COC(C(N)c1cc2cc(F)ccc2o1)C(C)(C)C. The van der Waals surface area contributed by atoms with Gasteiger partial charge in [0.2, 0.25) is 0 Å². The van der Waals surface area contributed by atoms with E-state index in [0.717, 1.165) is 0 Å². The summed E-state index contributed by atoms with van der Waals surface area (Å²) in [5, 5.41) is 0.717. The van der Waals surface area contributed by atoms with E-state index in [9.17, 15) is 4.39 Å². The number of hydrogen-bond acceptors (Lipinski definition) is 3. The Morgan fingerprint density at radius 2 is 1.95 bits per heavy atom. The van der Waals surface area contributed by atoms with E-state index in [1.165, 1.54) is 12.1 Å². The van der Waals surface area contributed by atoms with E-state index in [4.69, 9.17) is 14.9 Å². The van der Waals surface area contributed by atoms with Crippen LogP contribution in [0.2, 0.25) is 0 Å². The lowest BCUT2D eigenvalue weighted by Gasteiger charge is -2.32. The molecule has 0 aliphatic carbocycles. The van der Waals surface area contributed by atoms with Crippen molar-refractivity contribution in [1.82, 2.24) is 0 Å². The van der Waals surface area contributed by atoms with Crippen molar-refractivity contribution in [3.63, 3.8) is 0 Å². The van der Waals surface area contributed by atoms with Crippen LogP contribution in [0.5, 0.6) is 0 Å². The molecule has 2 rings (SSSR count). The quantitative estimate of drug-likeness (QED) is 0.921. The Bertz CT molecular complexity index is 571. The van der Waals surface area contributed by atoms with Crippen LogP contribution in [-0.4, -0.2) is 13.2 Å². The molecule has 0 saturated heterocycles. The van der Waals surface area contributed by atoms with Crippen LogP contribution in [0.25, 0.3) is 11.0 Å². The average Bonchev–Trinajstić information content (AvgIpc) is 2.70. The van der Waals surface area contributed by atoms with Gasteiger partial charge >= 0.3 is 0 Å². The molecule has 19 heavy (non-hydrogen) atoms. The van der Waals surface area contributed by atoms with E-state index >= 15 is 0 Å². The van der Waals surface area contributed by atoms with Gasteiger partial charge in [-0.1, -0.05) is 20.8 Å². The van der Waals surface area contributed by atoms with E-state index < -0.39 is 0 Å². The first-order chi connectivity index (χ1) is 8.82. The molecule has 0 bridgehead atoms. The topological polar surface area (TPSA) is 48.4 Å². The molecule has 1 aromatic heterocycles. The summed E-state index contributed by atoms with van der Waals surface area (Å²) in [6.45, 7) is 6.18. The van der Waals surface area contributed by atoms with Gasteiger partial charge in [-0.25, -0.2) is 4.39 Å². The highest BCUT2D eigenvalue weighted by molar-refractivity contribution is 5.78.